The predicted molar refractivity (Wildman–Crippen MR) is 85.8 cm³/mol. The first-order valence-electron chi connectivity index (χ1n) is 8.26. The van der Waals surface area contributed by atoms with Crippen LogP contribution in [-0.2, 0) is 0 Å². The van der Waals surface area contributed by atoms with Crippen LogP contribution in [0.4, 0.5) is 0 Å². The highest BCUT2D eigenvalue weighted by Gasteiger charge is 2.18. The Kier molecular flexibility index (Phi) is 6.37. The Morgan fingerprint density at radius 1 is 1.23 bits per heavy atom. The van der Waals surface area contributed by atoms with Crippen LogP contribution in [0, 0.1) is 0 Å². The summed E-state index contributed by atoms with van der Waals surface area (Å²) in [4.78, 5) is 28.3. The lowest BCUT2D eigenvalue weighted by molar-refractivity contribution is 0.0937. The van der Waals surface area contributed by atoms with Crippen molar-refractivity contribution in [3.63, 3.8) is 0 Å². The van der Waals surface area contributed by atoms with Gasteiger partial charge in [0, 0.05) is 24.3 Å². The van der Waals surface area contributed by atoms with E-state index < -0.39 is 0 Å². The van der Waals surface area contributed by atoms with Gasteiger partial charge in [0.05, 0.1) is 0 Å². The summed E-state index contributed by atoms with van der Waals surface area (Å²) in [5.74, 6) is -0.332. The van der Waals surface area contributed by atoms with Crippen molar-refractivity contribution in [3.05, 3.63) is 29.6 Å². The van der Waals surface area contributed by atoms with Crippen molar-refractivity contribution in [2.24, 2.45) is 0 Å². The van der Waals surface area contributed by atoms with E-state index in [4.69, 9.17) is 0 Å². The summed E-state index contributed by atoms with van der Waals surface area (Å²) in [5.41, 5.74) is 0.802. The molecule has 2 amide bonds. The lowest BCUT2D eigenvalue weighted by Crippen LogP contribution is -2.33. The second-order valence-corrected chi connectivity index (χ2v) is 5.85. The summed E-state index contributed by atoms with van der Waals surface area (Å²) in [6, 6.07) is 3.49. The molecule has 1 fully saturated rings. The van der Waals surface area contributed by atoms with E-state index in [1.54, 1.807) is 12.1 Å². The standard InChI is InChI=1S/C17H25N3O2/c1-2-3-6-10-19-17(22)15-12-13(9-11-18-15)16(21)20-14-7-4-5-8-14/h9,11-12,14H,2-8,10H2,1H3,(H,19,22)(H,20,21). The minimum Gasteiger partial charge on any atom is -0.351 e. The second-order valence-electron chi connectivity index (χ2n) is 5.85. The smallest absolute Gasteiger partial charge is 0.269 e. The van der Waals surface area contributed by atoms with Gasteiger partial charge < -0.3 is 10.6 Å². The van der Waals surface area contributed by atoms with Crippen LogP contribution < -0.4 is 10.6 Å². The predicted octanol–water partition coefficient (Wildman–Crippen LogP) is 2.67. The van der Waals surface area contributed by atoms with E-state index in [2.05, 4.69) is 22.5 Å². The van der Waals surface area contributed by atoms with E-state index in [-0.39, 0.29) is 17.9 Å². The third-order valence-electron chi connectivity index (χ3n) is 4.01. The summed E-state index contributed by atoms with van der Waals surface area (Å²) in [6.07, 6.45) is 9.12. The Bertz CT molecular complexity index is 510. The molecule has 0 aliphatic heterocycles. The van der Waals surface area contributed by atoms with Gasteiger partial charge in [0.1, 0.15) is 5.69 Å². The molecule has 5 heteroatoms. The van der Waals surface area contributed by atoms with E-state index in [1.807, 2.05) is 0 Å². The molecule has 2 rings (SSSR count). The molecule has 0 bridgehead atoms. The maximum atomic E-state index is 12.2. The number of unbranched alkanes of at least 4 members (excludes halogenated alkanes) is 2. The van der Waals surface area contributed by atoms with Crippen LogP contribution in [0.3, 0.4) is 0 Å². The van der Waals surface area contributed by atoms with Crippen molar-refractivity contribution in [2.75, 3.05) is 6.54 Å². The zero-order chi connectivity index (χ0) is 15.8. The normalized spacial score (nSPS) is 14.8. The Balaban J connectivity index is 1.90. The lowest BCUT2D eigenvalue weighted by Gasteiger charge is -2.12. The zero-order valence-electron chi connectivity index (χ0n) is 13.2. The maximum absolute atomic E-state index is 12.2. The largest absolute Gasteiger partial charge is 0.351 e. The molecule has 22 heavy (non-hydrogen) atoms. The third kappa shape index (κ3) is 4.83. The van der Waals surface area contributed by atoms with Crippen LogP contribution in [0.25, 0.3) is 0 Å². The zero-order valence-corrected chi connectivity index (χ0v) is 13.2. The number of pyridine rings is 1. The number of aromatic nitrogens is 1. The maximum Gasteiger partial charge on any atom is 0.269 e. The van der Waals surface area contributed by atoms with Gasteiger partial charge in [-0.15, -0.1) is 0 Å². The van der Waals surface area contributed by atoms with Crippen molar-refractivity contribution in [2.45, 2.75) is 57.9 Å². The summed E-state index contributed by atoms with van der Waals surface area (Å²) >= 11 is 0. The molecule has 5 nitrogen and oxygen atoms in total. The highest BCUT2D eigenvalue weighted by Crippen LogP contribution is 2.18. The Morgan fingerprint density at radius 3 is 2.73 bits per heavy atom. The highest BCUT2D eigenvalue weighted by molar-refractivity contribution is 5.98. The molecule has 0 unspecified atom stereocenters. The molecular weight excluding hydrogens is 278 g/mol. The fourth-order valence-corrected chi connectivity index (χ4v) is 2.70. The monoisotopic (exact) mass is 303 g/mol. The van der Waals surface area contributed by atoms with Gasteiger partial charge >= 0.3 is 0 Å². The molecule has 2 N–H and O–H groups in total. The topological polar surface area (TPSA) is 71.1 Å². The van der Waals surface area contributed by atoms with Crippen LogP contribution in [0.1, 0.15) is 72.7 Å². The summed E-state index contributed by atoms with van der Waals surface area (Å²) in [6.45, 7) is 2.77. The van der Waals surface area contributed by atoms with Gasteiger partial charge in [-0.05, 0) is 31.4 Å². The molecule has 1 saturated carbocycles. The van der Waals surface area contributed by atoms with Crippen LogP contribution in [-0.4, -0.2) is 29.4 Å². The summed E-state index contributed by atoms with van der Waals surface area (Å²) in [7, 11) is 0. The average molecular weight is 303 g/mol. The van der Waals surface area contributed by atoms with Gasteiger partial charge in [-0.25, -0.2) is 0 Å². The van der Waals surface area contributed by atoms with Crippen molar-refractivity contribution < 1.29 is 9.59 Å². The van der Waals surface area contributed by atoms with Gasteiger partial charge in [0.2, 0.25) is 0 Å². The number of nitrogens with zero attached hydrogens (tertiary/aromatic N) is 1. The van der Waals surface area contributed by atoms with Crippen LogP contribution in [0.2, 0.25) is 0 Å². The first-order valence-corrected chi connectivity index (χ1v) is 8.26. The van der Waals surface area contributed by atoms with Gasteiger partial charge in [-0.1, -0.05) is 32.6 Å². The van der Waals surface area contributed by atoms with Crippen molar-refractivity contribution in [3.8, 4) is 0 Å². The Labute approximate surface area is 131 Å². The fraction of sp³-hybridized carbons (Fsp3) is 0.588. The molecule has 120 valence electrons. The number of rotatable bonds is 7. The van der Waals surface area contributed by atoms with E-state index in [9.17, 15) is 9.59 Å². The first kappa shape index (κ1) is 16.5. The van der Waals surface area contributed by atoms with Gasteiger partial charge in [0.25, 0.3) is 11.8 Å². The minimum absolute atomic E-state index is 0.116. The molecular formula is C17H25N3O2. The molecule has 0 aromatic carbocycles. The minimum atomic E-state index is -0.216. The number of nitrogens with one attached hydrogen (secondary N) is 2. The first-order chi connectivity index (χ1) is 10.7. The molecule has 1 heterocycles. The Hall–Kier alpha value is -1.91. The highest BCUT2D eigenvalue weighted by atomic mass is 16.2. The number of hydrogen-bond acceptors (Lipinski definition) is 3. The van der Waals surface area contributed by atoms with Crippen LogP contribution in [0.5, 0.6) is 0 Å². The van der Waals surface area contributed by atoms with Crippen LogP contribution in [0.15, 0.2) is 18.3 Å². The molecule has 0 spiro atoms. The lowest BCUT2D eigenvalue weighted by atomic mass is 10.1. The third-order valence-corrected chi connectivity index (χ3v) is 4.01. The van der Waals surface area contributed by atoms with E-state index in [0.29, 0.717) is 17.8 Å². The van der Waals surface area contributed by atoms with Crippen molar-refractivity contribution >= 4 is 11.8 Å². The number of carbonyl (C=O) groups is 2. The molecule has 1 aromatic heterocycles. The van der Waals surface area contributed by atoms with E-state index >= 15 is 0 Å². The summed E-state index contributed by atoms with van der Waals surface area (Å²) < 4.78 is 0. The quantitative estimate of drug-likeness (QED) is 0.761. The van der Waals surface area contributed by atoms with Crippen molar-refractivity contribution in [1.29, 1.82) is 0 Å². The molecule has 0 atom stereocenters. The van der Waals surface area contributed by atoms with Gasteiger partial charge in [0.15, 0.2) is 0 Å². The molecule has 1 aliphatic rings. The number of hydrogen-bond donors (Lipinski definition) is 2. The molecule has 1 aliphatic carbocycles. The fourth-order valence-electron chi connectivity index (χ4n) is 2.70. The second kappa shape index (κ2) is 8.51. The molecule has 0 saturated heterocycles. The molecule has 0 radical (unpaired) electrons. The van der Waals surface area contributed by atoms with Crippen molar-refractivity contribution in [1.82, 2.24) is 15.6 Å². The van der Waals surface area contributed by atoms with Crippen LogP contribution >= 0.6 is 0 Å². The van der Waals surface area contributed by atoms with E-state index in [1.165, 1.54) is 19.0 Å². The number of amides is 2. The van der Waals surface area contributed by atoms with E-state index in [0.717, 1.165) is 32.1 Å². The summed E-state index contributed by atoms with van der Waals surface area (Å²) in [5, 5.41) is 5.86. The van der Waals surface area contributed by atoms with Gasteiger partial charge in [-0.3, -0.25) is 14.6 Å². The molecule has 1 aromatic rings. The van der Waals surface area contributed by atoms with Gasteiger partial charge in [-0.2, -0.15) is 0 Å². The Morgan fingerprint density at radius 2 is 2.00 bits per heavy atom. The average Bonchev–Trinajstić information content (AvgIpc) is 3.04. The SMILES string of the molecule is CCCCCNC(=O)c1cc(C(=O)NC2CCCC2)ccn1. The number of carbonyl (C=O) groups excluding carboxylic acids is 2.